The van der Waals surface area contributed by atoms with Crippen LogP contribution in [0.15, 0.2) is 41.6 Å². The molecule has 0 aliphatic rings. The maximum absolute atomic E-state index is 12.4. The van der Waals surface area contributed by atoms with Gasteiger partial charge in [0.15, 0.2) is 0 Å². The Morgan fingerprint density at radius 3 is 2.40 bits per heavy atom. The fourth-order valence-electron chi connectivity index (χ4n) is 1.59. The number of hydrogen-bond donors (Lipinski definition) is 2. The zero-order valence-electron chi connectivity index (χ0n) is 10.4. The van der Waals surface area contributed by atoms with Gasteiger partial charge in [0.25, 0.3) is 10.0 Å². The van der Waals surface area contributed by atoms with Crippen molar-refractivity contribution in [3.8, 4) is 0 Å². The Labute approximate surface area is 127 Å². The molecule has 1 aromatic heterocycles. The molecule has 0 bridgehead atoms. The van der Waals surface area contributed by atoms with Crippen LogP contribution in [0.5, 0.6) is 0 Å². The smallest absolute Gasteiger partial charge is 0.265 e. The number of anilines is 2. The standard InChI is InChI=1S/C12H11Cl2N3O2S/c1-15-10-5-6-16-7-11(10)20(18,19)17-12-8(13)3-2-4-9(12)14/h2-7,17H,1H3,(H,15,16). The van der Waals surface area contributed by atoms with Crippen molar-refractivity contribution in [3.05, 3.63) is 46.7 Å². The molecule has 106 valence electrons. The number of benzene rings is 1. The lowest BCUT2D eigenvalue weighted by molar-refractivity contribution is 0.601. The molecule has 0 unspecified atom stereocenters. The van der Waals surface area contributed by atoms with Gasteiger partial charge in [-0.1, -0.05) is 29.3 Å². The molecule has 8 heteroatoms. The van der Waals surface area contributed by atoms with Crippen LogP contribution in [0.4, 0.5) is 11.4 Å². The Hall–Kier alpha value is -1.50. The molecule has 20 heavy (non-hydrogen) atoms. The van der Waals surface area contributed by atoms with Crippen molar-refractivity contribution < 1.29 is 8.42 Å². The molecular formula is C12H11Cl2N3O2S. The third kappa shape index (κ3) is 2.98. The van der Waals surface area contributed by atoms with E-state index in [-0.39, 0.29) is 20.6 Å². The molecule has 0 radical (unpaired) electrons. The second-order valence-corrected chi connectivity index (χ2v) is 6.29. The van der Waals surface area contributed by atoms with Crippen LogP contribution in [0.2, 0.25) is 10.0 Å². The summed E-state index contributed by atoms with van der Waals surface area (Å²) in [6, 6.07) is 6.29. The van der Waals surface area contributed by atoms with E-state index in [9.17, 15) is 8.42 Å². The van der Waals surface area contributed by atoms with Gasteiger partial charge in [-0.3, -0.25) is 9.71 Å². The highest BCUT2D eigenvalue weighted by molar-refractivity contribution is 7.93. The minimum atomic E-state index is -3.84. The van der Waals surface area contributed by atoms with E-state index in [0.29, 0.717) is 5.69 Å². The lowest BCUT2D eigenvalue weighted by atomic mass is 10.3. The van der Waals surface area contributed by atoms with Crippen molar-refractivity contribution in [2.45, 2.75) is 4.90 Å². The predicted octanol–water partition coefficient (Wildman–Crippen LogP) is 3.23. The Morgan fingerprint density at radius 1 is 1.15 bits per heavy atom. The van der Waals surface area contributed by atoms with Gasteiger partial charge in [-0.2, -0.15) is 0 Å². The molecule has 0 aliphatic heterocycles. The second kappa shape index (κ2) is 5.87. The summed E-state index contributed by atoms with van der Waals surface area (Å²) in [6.45, 7) is 0. The van der Waals surface area contributed by atoms with Crippen LogP contribution in [0.1, 0.15) is 0 Å². The number of pyridine rings is 1. The first kappa shape index (κ1) is 14.9. The monoisotopic (exact) mass is 331 g/mol. The first-order valence-electron chi connectivity index (χ1n) is 5.54. The van der Waals surface area contributed by atoms with Crippen LogP contribution in [-0.2, 0) is 10.0 Å². The topological polar surface area (TPSA) is 71.1 Å². The van der Waals surface area contributed by atoms with E-state index in [0.717, 1.165) is 0 Å². The number of halogens is 2. The first-order chi connectivity index (χ1) is 9.45. The summed E-state index contributed by atoms with van der Waals surface area (Å²) < 4.78 is 27.1. The number of para-hydroxylation sites is 1. The van der Waals surface area contributed by atoms with Gasteiger partial charge in [0.2, 0.25) is 0 Å². The van der Waals surface area contributed by atoms with E-state index in [1.54, 1.807) is 31.3 Å². The highest BCUT2D eigenvalue weighted by atomic mass is 35.5. The van der Waals surface area contributed by atoms with Gasteiger partial charge >= 0.3 is 0 Å². The SMILES string of the molecule is CNc1ccncc1S(=O)(=O)Nc1c(Cl)cccc1Cl. The molecule has 1 aromatic carbocycles. The summed E-state index contributed by atoms with van der Waals surface area (Å²) in [7, 11) is -2.22. The molecule has 1 heterocycles. The van der Waals surface area contributed by atoms with Crippen LogP contribution in [0.25, 0.3) is 0 Å². The maximum Gasteiger partial charge on any atom is 0.265 e. The first-order valence-corrected chi connectivity index (χ1v) is 7.78. The number of rotatable bonds is 4. The molecular weight excluding hydrogens is 321 g/mol. The Bertz CT molecular complexity index is 715. The quantitative estimate of drug-likeness (QED) is 0.902. The summed E-state index contributed by atoms with van der Waals surface area (Å²) in [5.74, 6) is 0. The molecule has 0 saturated heterocycles. The van der Waals surface area contributed by atoms with E-state index >= 15 is 0 Å². The summed E-state index contributed by atoms with van der Waals surface area (Å²) in [6.07, 6.45) is 2.74. The number of aromatic nitrogens is 1. The normalized spacial score (nSPS) is 11.2. The van der Waals surface area contributed by atoms with Crippen molar-refractivity contribution in [1.29, 1.82) is 0 Å². The number of hydrogen-bond acceptors (Lipinski definition) is 4. The Kier molecular flexibility index (Phi) is 4.37. The largest absolute Gasteiger partial charge is 0.387 e. The molecule has 5 nitrogen and oxygen atoms in total. The van der Waals surface area contributed by atoms with Crippen molar-refractivity contribution in [2.24, 2.45) is 0 Å². The van der Waals surface area contributed by atoms with Crippen molar-refractivity contribution in [2.75, 3.05) is 17.1 Å². The van der Waals surface area contributed by atoms with E-state index in [1.807, 2.05) is 0 Å². The molecule has 2 N–H and O–H groups in total. The van der Waals surface area contributed by atoms with Gasteiger partial charge in [0.1, 0.15) is 4.90 Å². The van der Waals surface area contributed by atoms with Gasteiger partial charge < -0.3 is 5.32 Å². The average Bonchev–Trinajstić information content (AvgIpc) is 2.43. The third-order valence-electron chi connectivity index (χ3n) is 2.54. The zero-order chi connectivity index (χ0) is 14.8. The fourth-order valence-corrected chi connectivity index (χ4v) is 3.45. The number of nitrogens with zero attached hydrogens (tertiary/aromatic N) is 1. The van der Waals surface area contributed by atoms with E-state index in [2.05, 4.69) is 15.0 Å². The second-order valence-electron chi connectivity index (χ2n) is 3.82. The van der Waals surface area contributed by atoms with Crippen molar-refractivity contribution in [1.82, 2.24) is 4.98 Å². The Balaban J connectivity index is 2.47. The molecule has 0 spiro atoms. The van der Waals surface area contributed by atoms with Gasteiger partial charge in [-0.05, 0) is 18.2 Å². The predicted molar refractivity (Wildman–Crippen MR) is 81.1 cm³/mol. The van der Waals surface area contributed by atoms with Gasteiger partial charge in [0.05, 0.1) is 21.4 Å². The summed E-state index contributed by atoms with van der Waals surface area (Å²) in [5, 5.41) is 3.23. The van der Waals surface area contributed by atoms with Crippen molar-refractivity contribution >= 4 is 44.6 Å². The van der Waals surface area contributed by atoms with E-state index in [4.69, 9.17) is 23.2 Å². The van der Waals surface area contributed by atoms with Crippen LogP contribution in [0, 0.1) is 0 Å². The van der Waals surface area contributed by atoms with Crippen LogP contribution in [0.3, 0.4) is 0 Å². The zero-order valence-corrected chi connectivity index (χ0v) is 12.7. The highest BCUT2D eigenvalue weighted by Crippen LogP contribution is 2.32. The van der Waals surface area contributed by atoms with Gasteiger partial charge in [-0.15, -0.1) is 0 Å². The molecule has 2 aromatic rings. The van der Waals surface area contributed by atoms with Crippen LogP contribution >= 0.6 is 23.2 Å². The Morgan fingerprint density at radius 2 is 1.80 bits per heavy atom. The lowest BCUT2D eigenvalue weighted by Crippen LogP contribution is -2.15. The highest BCUT2D eigenvalue weighted by Gasteiger charge is 2.21. The average molecular weight is 332 g/mol. The maximum atomic E-state index is 12.4. The van der Waals surface area contributed by atoms with Gasteiger partial charge in [-0.25, -0.2) is 8.42 Å². The van der Waals surface area contributed by atoms with Crippen LogP contribution < -0.4 is 10.0 Å². The summed E-state index contributed by atoms with van der Waals surface area (Å²) in [5.41, 5.74) is 0.567. The number of nitrogens with one attached hydrogen (secondary N) is 2. The molecule has 0 aliphatic carbocycles. The minimum Gasteiger partial charge on any atom is -0.387 e. The van der Waals surface area contributed by atoms with E-state index < -0.39 is 10.0 Å². The summed E-state index contributed by atoms with van der Waals surface area (Å²) >= 11 is 11.9. The number of sulfonamides is 1. The summed E-state index contributed by atoms with van der Waals surface area (Å²) in [4.78, 5) is 3.83. The molecule has 0 atom stereocenters. The molecule has 0 saturated carbocycles. The lowest BCUT2D eigenvalue weighted by Gasteiger charge is -2.13. The fraction of sp³-hybridized carbons (Fsp3) is 0.0833. The minimum absolute atomic E-state index is 0.0125. The molecule has 0 fully saturated rings. The molecule has 2 rings (SSSR count). The van der Waals surface area contributed by atoms with Crippen LogP contribution in [-0.4, -0.2) is 20.4 Å². The van der Waals surface area contributed by atoms with E-state index in [1.165, 1.54) is 12.4 Å². The third-order valence-corrected chi connectivity index (χ3v) is 4.55. The van der Waals surface area contributed by atoms with Gasteiger partial charge in [0, 0.05) is 19.4 Å². The van der Waals surface area contributed by atoms with Crippen molar-refractivity contribution in [3.63, 3.8) is 0 Å². The molecule has 0 amide bonds.